The third-order valence-corrected chi connectivity index (χ3v) is 6.65. The van der Waals surface area contributed by atoms with E-state index in [1.807, 2.05) is 19.1 Å². The Morgan fingerprint density at radius 3 is 3.00 bits per heavy atom. The van der Waals surface area contributed by atoms with Crippen molar-refractivity contribution in [1.82, 2.24) is 10.2 Å². The molecule has 0 unspecified atom stereocenters. The summed E-state index contributed by atoms with van der Waals surface area (Å²) in [5.74, 6) is 0.809. The number of halogens is 1. The highest BCUT2D eigenvalue weighted by atomic mass is 35.5. The number of nitrogens with zero attached hydrogens (tertiary/aromatic N) is 1. The predicted octanol–water partition coefficient (Wildman–Crippen LogP) is 3.31. The van der Waals surface area contributed by atoms with Gasteiger partial charge >= 0.3 is 0 Å². The number of nitrogens with one attached hydrogen (secondary N) is 1. The van der Waals surface area contributed by atoms with Crippen molar-refractivity contribution in [2.45, 2.75) is 50.8 Å². The number of hydrogen-bond donors (Lipinski definition) is 1. The number of hydrogen-bond acceptors (Lipinski definition) is 4. The second-order valence-electron chi connectivity index (χ2n) is 8.35. The number of aryl methyl sites for hydroxylation is 1. The lowest BCUT2D eigenvalue weighted by Gasteiger charge is -2.35. The molecule has 1 saturated carbocycles. The molecular formula is C21H25ClN2O3. The smallest absolute Gasteiger partial charge is 0.224 e. The van der Waals surface area contributed by atoms with E-state index in [2.05, 4.69) is 10.2 Å². The van der Waals surface area contributed by atoms with Crippen LogP contribution >= 0.6 is 11.6 Å². The van der Waals surface area contributed by atoms with Crippen LogP contribution in [0.1, 0.15) is 30.4 Å². The van der Waals surface area contributed by atoms with Crippen molar-refractivity contribution >= 4 is 28.5 Å². The van der Waals surface area contributed by atoms with Gasteiger partial charge in [-0.15, -0.1) is 0 Å². The average Bonchev–Trinajstić information content (AvgIpc) is 3.32. The van der Waals surface area contributed by atoms with Gasteiger partial charge in [-0.05, 0) is 49.8 Å². The van der Waals surface area contributed by atoms with Gasteiger partial charge in [0.1, 0.15) is 5.58 Å². The molecule has 3 heterocycles. The first-order chi connectivity index (χ1) is 13.1. The lowest BCUT2D eigenvalue weighted by molar-refractivity contribution is -0.121. The Labute approximate surface area is 164 Å². The molecule has 2 aliphatic heterocycles. The minimum Gasteiger partial charge on any atom is -0.464 e. The maximum atomic E-state index is 12.6. The van der Waals surface area contributed by atoms with E-state index in [4.69, 9.17) is 20.8 Å². The standard InChI is InChI=1S/C21H25ClN2O3/c1-12-4-19-17(7-18(12)22)14(10-26-19)5-21(25)23-15-6-16-11-27-20(13-2-3-13)9-24(16)8-15/h4,7,10,13,15-16,20H,2-3,5-6,8-9,11H2,1H3,(H,23,25)/t15-,16-,20+/m0/s1. The quantitative estimate of drug-likeness (QED) is 0.873. The second-order valence-corrected chi connectivity index (χ2v) is 8.76. The topological polar surface area (TPSA) is 54.7 Å². The molecule has 1 aromatic heterocycles. The van der Waals surface area contributed by atoms with Crippen molar-refractivity contribution in [3.63, 3.8) is 0 Å². The van der Waals surface area contributed by atoms with Gasteiger partial charge in [-0.25, -0.2) is 0 Å². The minimum absolute atomic E-state index is 0.0407. The number of ether oxygens (including phenoxy) is 1. The molecule has 0 radical (unpaired) electrons. The molecule has 0 spiro atoms. The number of carbonyl (C=O) groups is 1. The summed E-state index contributed by atoms with van der Waals surface area (Å²) in [5.41, 5.74) is 2.64. The molecule has 2 saturated heterocycles. The largest absolute Gasteiger partial charge is 0.464 e. The van der Waals surface area contributed by atoms with Crippen molar-refractivity contribution in [3.8, 4) is 0 Å². The van der Waals surface area contributed by atoms with Gasteiger partial charge in [0.15, 0.2) is 0 Å². The average molecular weight is 389 g/mol. The Kier molecular flexibility index (Phi) is 4.42. The highest BCUT2D eigenvalue weighted by Gasteiger charge is 2.42. The zero-order chi connectivity index (χ0) is 18.5. The van der Waals surface area contributed by atoms with Crippen LogP contribution in [0.5, 0.6) is 0 Å². The molecule has 3 aliphatic rings. The summed E-state index contributed by atoms with van der Waals surface area (Å²) in [7, 11) is 0. The normalized spacial score (nSPS) is 28.4. The highest BCUT2D eigenvalue weighted by molar-refractivity contribution is 6.32. The molecule has 1 amide bonds. The molecule has 1 N–H and O–H groups in total. The van der Waals surface area contributed by atoms with Gasteiger partial charge in [0, 0.05) is 41.1 Å². The van der Waals surface area contributed by atoms with Crippen molar-refractivity contribution in [2.24, 2.45) is 5.92 Å². The number of morpholine rings is 1. The SMILES string of the molecule is Cc1cc2occ(CC(=O)N[C@H]3C[C@H]4CO[C@@H](C5CC5)CN4C3)c2cc1Cl. The van der Waals surface area contributed by atoms with Crippen LogP contribution in [0.15, 0.2) is 22.8 Å². The first kappa shape index (κ1) is 17.5. The van der Waals surface area contributed by atoms with Crippen LogP contribution in [-0.2, 0) is 16.0 Å². The van der Waals surface area contributed by atoms with E-state index in [0.29, 0.717) is 23.6 Å². The molecule has 6 heteroatoms. The highest BCUT2D eigenvalue weighted by Crippen LogP contribution is 2.38. The van der Waals surface area contributed by atoms with Crippen LogP contribution in [0, 0.1) is 12.8 Å². The van der Waals surface area contributed by atoms with Crippen LogP contribution in [0.3, 0.4) is 0 Å². The molecule has 5 rings (SSSR count). The Morgan fingerprint density at radius 1 is 1.33 bits per heavy atom. The molecule has 2 aromatic rings. The summed E-state index contributed by atoms with van der Waals surface area (Å²) in [6.07, 6.45) is 5.99. The maximum absolute atomic E-state index is 12.6. The molecule has 0 bridgehead atoms. The summed E-state index contributed by atoms with van der Waals surface area (Å²) >= 11 is 6.24. The van der Waals surface area contributed by atoms with Gasteiger partial charge in [-0.1, -0.05) is 11.6 Å². The summed E-state index contributed by atoms with van der Waals surface area (Å²) in [6.45, 7) is 4.70. The van der Waals surface area contributed by atoms with E-state index in [-0.39, 0.29) is 11.9 Å². The Hall–Kier alpha value is -1.56. The summed E-state index contributed by atoms with van der Waals surface area (Å²) in [5, 5.41) is 4.83. The number of benzene rings is 1. The van der Waals surface area contributed by atoms with Crippen molar-refractivity contribution < 1.29 is 13.9 Å². The van der Waals surface area contributed by atoms with Gasteiger partial charge in [0.05, 0.1) is 25.4 Å². The summed E-state index contributed by atoms with van der Waals surface area (Å²) < 4.78 is 11.7. The van der Waals surface area contributed by atoms with Crippen LogP contribution < -0.4 is 5.32 Å². The lowest BCUT2D eigenvalue weighted by Crippen LogP contribution is -2.47. The van der Waals surface area contributed by atoms with Gasteiger partial charge in [0.2, 0.25) is 5.91 Å². The molecule has 5 nitrogen and oxygen atoms in total. The summed E-state index contributed by atoms with van der Waals surface area (Å²) in [6, 6.07) is 4.46. The second kappa shape index (κ2) is 6.80. The van der Waals surface area contributed by atoms with Crippen molar-refractivity contribution in [2.75, 3.05) is 19.7 Å². The molecular weight excluding hydrogens is 364 g/mol. The Morgan fingerprint density at radius 2 is 2.19 bits per heavy atom. The van der Waals surface area contributed by atoms with Crippen LogP contribution in [0.25, 0.3) is 11.0 Å². The first-order valence-electron chi connectivity index (χ1n) is 9.88. The molecule has 27 heavy (non-hydrogen) atoms. The van der Waals surface area contributed by atoms with Crippen molar-refractivity contribution in [1.29, 1.82) is 0 Å². The maximum Gasteiger partial charge on any atom is 0.224 e. The fraction of sp³-hybridized carbons (Fsp3) is 0.571. The predicted molar refractivity (Wildman–Crippen MR) is 104 cm³/mol. The lowest BCUT2D eigenvalue weighted by atomic mass is 10.1. The van der Waals surface area contributed by atoms with Gasteiger partial charge in [0.25, 0.3) is 0 Å². The van der Waals surface area contributed by atoms with E-state index in [1.165, 1.54) is 12.8 Å². The molecule has 3 atom stereocenters. The summed E-state index contributed by atoms with van der Waals surface area (Å²) in [4.78, 5) is 15.1. The van der Waals surface area contributed by atoms with E-state index >= 15 is 0 Å². The van der Waals surface area contributed by atoms with Crippen LogP contribution in [0.4, 0.5) is 0 Å². The zero-order valence-corrected chi connectivity index (χ0v) is 16.3. The molecule has 144 valence electrons. The fourth-order valence-corrected chi connectivity index (χ4v) is 4.71. The van der Waals surface area contributed by atoms with Crippen LogP contribution in [0.2, 0.25) is 5.02 Å². The van der Waals surface area contributed by atoms with Gasteiger partial charge in [-0.2, -0.15) is 0 Å². The van der Waals surface area contributed by atoms with Gasteiger partial charge < -0.3 is 14.5 Å². The number of rotatable bonds is 4. The zero-order valence-electron chi connectivity index (χ0n) is 15.5. The van der Waals surface area contributed by atoms with E-state index in [0.717, 1.165) is 54.1 Å². The molecule has 3 fully saturated rings. The molecule has 1 aliphatic carbocycles. The number of fused-ring (bicyclic) bond motifs is 2. The Bertz CT molecular complexity index is 876. The van der Waals surface area contributed by atoms with E-state index in [1.54, 1.807) is 6.26 Å². The third-order valence-electron chi connectivity index (χ3n) is 6.24. The van der Waals surface area contributed by atoms with Crippen molar-refractivity contribution in [3.05, 3.63) is 34.5 Å². The third kappa shape index (κ3) is 3.48. The number of furan rings is 1. The number of amides is 1. The van der Waals surface area contributed by atoms with Crippen LogP contribution in [-0.4, -0.2) is 48.7 Å². The van der Waals surface area contributed by atoms with E-state index in [9.17, 15) is 4.79 Å². The monoisotopic (exact) mass is 388 g/mol. The van der Waals surface area contributed by atoms with E-state index < -0.39 is 0 Å². The van der Waals surface area contributed by atoms with Gasteiger partial charge in [-0.3, -0.25) is 9.69 Å². The first-order valence-corrected chi connectivity index (χ1v) is 10.3. The fourth-order valence-electron chi connectivity index (χ4n) is 4.55. The Balaban J connectivity index is 1.21. The number of carbonyl (C=O) groups excluding carboxylic acids is 1. The molecule has 1 aromatic carbocycles. The minimum atomic E-state index is 0.0407.